The normalized spacial score (nSPS) is 19.7. The van der Waals surface area contributed by atoms with E-state index in [9.17, 15) is 25.2 Å². The molecule has 0 radical (unpaired) electrons. The summed E-state index contributed by atoms with van der Waals surface area (Å²) in [5.74, 6) is -7.22. The van der Waals surface area contributed by atoms with Crippen LogP contribution in [0.1, 0.15) is 25.1 Å². The van der Waals surface area contributed by atoms with Crippen molar-refractivity contribution in [1.82, 2.24) is 4.98 Å². The van der Waals surface area contributed by atoms with Gasteiger partial charge < -0.3 is 29.9 Å². The van der Waals surface area contributed by atoms with Crippen molar-refractivity contribution in [1.29, 1.82) is 0 Å². The first-order valence-corrected chi connectivity index (χ1v) is 9.89. The van der Waals surface area contributed by atoms with Crippen molar-refractivity contribution in [3.05, 3.63) is 53.7 Å². The number of aliphatic hydroxyl groups is 4. The molecular weight excluding hydrogens is 404 g/mol. The SMILES string of the molecule is COCOc1ccc(N2C[C@H](C(C)(O)O)[C@H](C(C)(O)O)C2=O)nc1Cc1ccccc1. The molecule has 1 saturated heterocycles. The molecule has 1 aliphatic rings. The molecule has 9 nitrogen and oxygen atoms in total. The van der Waals surface area contributed by atoms with Gasteiger partial charge in [-0.1, -0.05) is 30.3 Å². The van der Waals surface area contributed by atoms with Crippen molar-refractivity contribution in [2.45, 2.75) is 31.8 Å². The molecule has 2 heterocycles. The minimum atomic E-state index is -2.43. The molecule has 9 heteroatoms. The largest absolute Gasteiger partial charge is 0.466 e. The smallest absolute Gasteiger partial charge is 0.237 e. The molecule has 0 spiro atoms. The zero-order chi connectivity index (χ0) is 22.8. The molecule has 0 unspecified atom stereocenters. The van der Waals surface area contributed by atoms with Crippen LogP contribution < -0.4 is 9.64 Å². The fourth-order valence-electron chi connectivity index (χ4n) is 3.84. The summed E-state index contributed by atoms with van der Waals surface area (Å²) in [6, 6.07) is 12.8. The number of ether oxygens (including phenoxy) is 2. The third kappa shape index (κ3) is 5.20. The van der Waals surface area contributed by atoms with E-state index >= 15 is 0 Å². The van der Waals surface area contributed by atoms with E-state index in [1.165, 1.54) is 12.0 Å². The number of hydrogen-bond donors (Lipinski definition) is 4. The number of methoxy groups -OCH3 is 1. The molecule has 1 fully saturated rings. The molecule has 4 N–H and O–H groups in total. The Kier molecular flexibility index (Phi) is 6.63. The third-order valence-corrected chi connectivity index (χ3v) is 5.35. The topological polar surface area (TPSA) is 133 Å². The number of benzene rings is 1. The Bertz CT molecular complexity index is 906. The van der Waals surface area contributed by atoms with E-state index < -0.39 is 29.3 Å². The van der Waals surface area contributed by atoms with Gasteiger partial charge in [-0.05, 0) is 31.5 Å². The van der Waals surface area contributed by atoms with Gasteiger partial charge in [0.2, 0.25) is 5.91 Å². The van der Waals surface area contributed by atoms with E-state index in [2.05, 4.69) is 4.98 Å². The number of nitrogens with zero attached hydrogens (tertiary/aromatic N) is 2. The second-order valence-corrected chi connectivity index (χ2v) is 8.05. The van der Waals surface area contributed by atoms with Gasteiger partial charge in [-0.15, -0.1) is 0 Å². The van der Waals surface area contributed by atoms with Crippen LogP contribution in [0.15, 0.2) is 42.5 Å². The third-order valence-electron chi connectivity index (χ3n) is 5.35. The first kappa shape index (κ1) is 23.1. The number of carbonyl (C=O) groups is 1. The Labute approximate surface area is 180 Å². The van der Waals surface area contributed by atoms with E-state index in [4.69, 9.17) is 9.47 Å². The van der Waals surface area contributed by atoms with Gasteiger partial charge in [-0.2, -0.15) is 0 Å². The molecule has 1 aromatic carbocycles. The molecule has 0 aliphatic carbocycles. The number of rotatable bonds is 8. The highest BCUT2D eigenvalue weighted by Crippen LogP contribution is 2.40. The summed E-state index contributed by atoms with van der Waals surface area (Å²) in [6.45, 7) is 2.05. The van der Waals surface area contributed by atoms with E-state index in [-0.39, 0.29) is 19.2 Å². The molecule has 2 aromatic rings. The molecule has 1 amide bonds. The van der Waals surface area contributed by atoms with Crippen molar-refractivity contribution in [3.8, 4) is 5.75 Å². The molecule has 1 aromatic heterocycles. The molecule has 0 saturated carbocycles. The maximum Gasteiger partial charge on any atom is 0.237 e. The van der Waals surface area contributed by atoms with Crippen LogP contribution in [-0.2, 0) is 16.0 Å². The highest BCUT2D eigenvalue weighted by molar-refractivity contribution is 5.97. The van der Waals surface area contributed by atoms with E-state index in [1.807, 2.05) is 30.3 Å². The molecule has 1 aliphatic heterocycles. The second-order valence-electron chi connectivity index (χ2n) is 8.05. The van der Waals surface area contributed by atoms with Crippen molar-refractivity contribution in [2.75, 3.05) is 25.3 Å². The molecule has 31 heavy (non-hydrogen) atoms. The van der Waals surface area contributed by atoms with Crippen LogP contribution >= 0.6 is 0 Å². The lowest BCUT2D eigenvalue weighted by molar-refractivity contribution is -0.243. The zero-order valence-electron chi connectivity index (χ0n) is 17.7. The number of pyridine rings is 1. The van der Waals surface area contributed by atoms with Crippen LogP contribution in [0.4, 0.5) is 5.82 Å². The fraction of sp³-hybridized carbons (Fsp3) is 0.455. The monoisotopic (exact) mass is 432 g/mol. The lowest BCUT2D eigenvalue weighted by atomic mass is 9.83. The van der Waals surface area contributed by atoms with Gasteiger partial charge in [-0.3, -0.25) is 9.69 Å². The van der Waals surface area contributed by atoms with Gasteiger partial charge in [0.25, 0.3) is 0 Å². The Morgan fingerprint density at radius 2 is 1.74 bits per heavy atom. The predicted molar refractivity (Wildman–Crippen MR) is 111 cm³/mol. The average Bonchev–Trinajstić information content (AvgIpc) is 3.06. The van der Waals surface area contributed by atoms with Crippen molar-refractivity contribution < 1.29 is 34.7 Å². The lowest BCUT2D eigenvalue weighted by Crippen LogP contribution is -2.49. The van der Waals surface area contributed by atoms with E-state index in [0.717, 1.165) is 19.4 Å². The van der Waals surface area contributed by atoms with Crippen LogP contribution in [0.3, 0.4) is 0 Å². The summed E-state index contributed by atoms with van der Waals surface area (Å²) >= 11 is 0. The summed E-state index contributed by atoms with van der Waals surface area (Å²) in [7, 11) is 1.50. The number of anilines is 1. The first-order chi connectivity index (χ1) is 14.5. The maximum absolute atomic E-state index is 13.0. The van der Waals surface area contributed by atoms with Crippen LogP contribution in [0.25, 0.3) is 0 Å². The second kappa shape index (κ2) is 8.89. The Hall–Kier alpha value is -2.56. The Morgan fingerprint density at radius 1 is 1.06 bits per heavy atom. The molecule has 2 atom stereocenters. The first-order valence-electron chi connectivity index (χ1n) is 9.89. The highest BCUT2D eigenvalue weighted by atomic mass is 16.7. The maximum atomic E-state index is 13.0. The van der Waals surface area contributed by atoms with Gasteiger partial charge in [0.1, 0.15) is 17.5 Å². The Balaban J connectivity index is 1.98. The minimum absolute atomic E-state index is 0.0242. The minimum Gasteiger partial charge on any atom is -0.466 e. The quantitative estimate of drug-likeness (QED) is 0.447. The number of aromatic nitrogens is 1. The fourth-order valence-corrected chi connectivity index (χ4v) is 3.84. The van der Waals surface area contributed by atoms with Crippen LogP contribution in [0.5, 0.6) is 5.75 Å². The molecule has 0 bridgehead atoms. The molecule has 3 rings (SSSR count). The average molecular weight is 432 g/mol. The molecular formula is C22H28N2O7. The lowest BCUT2D eigenvalue weighted by Gasteiger charge is -2.32. The standard InChI is InChI=1S/C22H28N2O7/c1-21(26,27)15-12-24(20(25)19(15)22(2,28)29)18-10-9-17(31-13-30-3)16(23-18)11-14-7-5-4-6-8-14/h4-10,15,19,26-29H,11-13H2,1-3H3/t15-,19-/m0/s1. The predicted octanol–water partition coefficient (Wildman–Crippen LogP) is 0.636. The van der Waals surface area contributed by atoms with Gasteiger partial charge in [0.15, 0.2) is 18.4 Å². The van der Waals surface area contributed by atoms with E-state index in [1.54, 1.807) is 12.1 Å². The summed E-state index contributed by atoms with van der Waals surface area (Å²) in [4.78, 5) is 18.8. The van der Waals surface area contributed by atoms with Crippen molar-refractivity contribution in [3.63, 3.8) is 0 Å². The van der Waals surface area contributed by atoms with Crippen molar-refractivity contribution >= 4 is 11.7 Å². The Morgan fingerprint density at radius 3 is 2.29 bits per heavy atom. The van der Waals surface area contributed by atoms with Crippen LogP contribution in [0.2, 0.25) is 0 Å². The van der Waals surface area contributed by atoms with Gasteiger partial charge in [0.05, 0.1) is 5.69 Å². The number of amides is 1. The van der Waals surface area contributed by atoms with Gasteiger partial charge in [-0.25, -0.2) is 4.98 Å². The van der Waals surface area contributed by atoms with Crippen LogP contribution in [-0.4, -0.2) is 63.3 Å². The zero-order valence-corrected chi connectivity index (χ0v) is 17.7. The van der Waals surface area contributed by atoms with Crippen LogP contribution in [0, 0.1) is 11.8 Å². The highest BCUT2D eigenvalue weighted by Gasteiger charge is 2.56. The van der Waals surface area contributed by atoms with Gasteiger partial charge >= 0.3 is 0 Å². The number of hydrogen-bond acceptors (Lipinski definition) is 8. The molecule has 168 valence electrons. The van der Waals surface area contributed by atoms with Gasteiger partial charge in [0, 0.05) is 26.0 Å². The summed E-state index contributed by atoms with van der Waals surface area (Å²) in [5, 5.41) is 40.5. The summed E-state index contributed by atoms with van der Waals surface area (Å²) < 4.78 is 10.6. The van der Waals surface area contributed by atoms with E-state index in [0.29, 0.717) is 17.9 Å². The number of carbonyl (C=O) groups excluding carboxylic acids is 1. The van der Waals surface area contributed by atoms with Crippen molar-refractivity contribution in [2.24, 2.45) is 11.8 Å². The summed E-state index contributed by atoms with van der Waals surface area (Å²) in [5.41, 5.74) is 1.54. The summed E-state index contributed by atoms with van der Waals surface area (Å²) in [6.07, 6.45) is 0.429.